The van der Waals surface area contributed by atoms with E-state index in [4.69, 9.17) is 0 Å². The molecule has 3 aromatic rings. The van der Waals surface area contributed by atoms with Crippen molar-refractivity contribution < 1.29 is 18.0 Å². The van der Waals surface area contributed by atoms with Gasteiger partial charge in [0, 0.05) is 19.0 Å². The summed E-state index contributed by atoms with van der Waals surface area (Å²) in [6.45, 7) is 9.28. The number of hydrogen-bond acceptors (Lipinski definition) is 4. The second-order valence-electron chi connectivity index (χ2n) is 10.5. The van der Waals surface area contributed by atoms with Gasteiger partial charge in [0.05, 0.1) is 11.9 Å². The summed E-state index contributed by atoms with van der Waals surface area (Å²) in [5.41, 5.74) is 4.76. The largest absolute Gasteiger partial charge is 0.352 e. The monoisotopic (exact) mass is 563 g/mol. The molecular formula is C32H41N3O4S. The first-order chi connectivity index (χ1) is 18.9. The van der Waals surface area contributed by atoms with Crippen LogP contribution in [0, 0.1) is 20.8 Å². The summed E-state index contributed by atoms with van der Waals surface area (Å²) in [7, 11) is -3.82. The van der Waals surface area contributed by atoms with Crippen LogP contribution in [0.1, 0.15) is 48.1 Å². The van der Waals surface area contributed by atoms with Gasteiger partial charge < -0.3 is 10.2 Å². The molecule has 0 bridgehead atoms. The Kier molecular flexibility index (Phi) is 10.5. The van der Waals surface area contributed by atoms with Crippen LogP contribution in [0.25, 0.3) is 0 Å². The maximum atomic E-state index is 14.2. The van der Waals surface area contributed by atoms with Gasteiger partial charge in [-0.3, -0.25) is 13.9 Å². The molecule has 40 heavy (non-hydrogen) atoms. The van der Waals surface area contributed by atoms with Crippen molar-refractivity contribution in [2.45, 2.75) is 66.1 Å². The highest BCUT2D eigenvalue weighted by Crippen LogP contribution is 2.27. The number of nitrogens with zero attached hydrogens (tertiary/aromatic N) is 2. The van der Waals surface area contributed by atoms with E-state index in [1.807, 2.05) is 107 Å². The summed E-state index contributed by atoms with van der Waals surface area (Å²) in [6.07, 6.45) is 2.14. The zero-order valence-electron chi connectivity index (χ0n) is 24.3. The number of carbonyl (C=O) groups excluding carboxylic acids is 2. The van der Waals surface area contributed by atoms with Crippen molar-refractivity contribution in [1.29, 1.82) is 0 Å². The first-order valence-corrected chi connectivity index (χ1v) is 15.5. The van der Waals surface area contributed by atoms with Crippen LogP contribution in [-0.2, 0) is 32.6 Å². The Hall–Kier alpha value is -3.65. The van der Waals surface area contributed by atoms with E-state index < -0.39 is 28.5 Å². The average molecular weight is 564 g/mol. The van der Waals surface area contributed by atoms with Crippen LogP contribution in [0.4, 0.5) is 5.69 Å². The zero-order chi connectivity index (χ0) is 29.4. The van der Waals surface area contributed by atoms with Gasteiger partial charge in [-0.2, -0.15) is 0 Å². The van der Waals surface area contributed by atoms with E-state index in [9.17, 15) is 18.0 Å². The number of para-hydroxylation sites is 1. The molecule has 0 saturated heterocycles. The van der Waals surface area contributed by atoms with Gasteiger partial charge in [0.25, 0.3) is 0 Å². The number of amides is 2. The molecule has 2 amide bonds. The second-order valence-corrected chi connectivity index (χ2v) is 12.4. The fraction of sp³-hybridized carbons (Fsp3) is 0.375. The number of benzene rings is 3. The summed E-state index contributed by atoms with van der Waals surface area (Å²) < 4.78 is 27.3. The molecule has 0 saturated carbocycles. The van der Waals surface area contributed by atoms with Crippen LogP contribution >= 0.6 is 0 Å². The fourth-order valence-electron chi connectivity index (χ4n) is 4.74. The topological polar surface area (TPSA) is 86.8 Å². The van der Waals surface area contributed by atoms with E-state index in [0.717, 1.165) is 44.8 Å². The van der Waals surface area contributed by atoms with E-state index >= 15 is 0 Å². The SMILES string of the molecule is CCC(C)NC(=O)C(Cc1ccccc1)N(Cc1ccccc1C)C(=O)CN(c1c(C)cccc1C)S(C)(=O)=O. The lowest BCUT2D eigenvalue weighted by molar-refractivity contribution is -0.140. The van der Waals surface area contributed by atoms with Crippen molar-refractivity contribution in [2.24, 2.45) is 0 Å². The summed E-state index contributed by atoms with van der Waals surface area (Å²) in [5, 5.41) is 3.05. The van der Waals surface area contributed by atoms with Crippen molar-refractivity contribution in [2.75, 3.05) is 17.1 Å². The third-order valence-corrected chi connectivity index (χ3v) is 8.35. The van der Waals surface area contributed by atoms with Gasteiger partial charge in [0.15, 0.2) is 0 Å². The van der Waals surface area contributed by atoms with E-state index in [0.29, 0.717) is 12.1 Å². The first-order valence-electron chi connectivity index (χ1n) is 13.6. The second kappa shape index (κ2) is 13.6. The zero-order valence-corrected chi connectivity index (χ0v) is 25.2. The lowest BCUT2D eigenvalue weighted by Crippen LogP contribution is -2.54. The van der Waals surface area contributed by atoms with Gasteiger partial charge in [-0.15, -0.1) is 0 Å². The Morgan fingerprint density at radius 2 is 1.43 bits per heavy atom. The summed E-state index contributed by atoms with van der Waals surface area (Å²) >= 11 is 0. The maximum Gasteiger partial charge on any atom is 0.244 e. The van der Waals surface area contributed by atoms with Crippen LogP contribution in [0.3, 0.4) is 0 Å². The van der Waals surface area contributed by atoms with Gasteiger partial charge >= 0.3 is 0 Å². The summed E-state index contributed by atoms with van der Waals surface area (Å²) in [4.78, 5) is 29.5. The number of hydrogen-bond donors (Lipinski definition) is 1. The highest BCUT2D eigenvalue weighted by atomic mass is 32.2. The average Bonchev–Trinajstić information content (AvgIpc) is 2.90. The minimum atomic E-state index is -3.82. The van der Waals surface area contributed by atoms with Crippen LogP contribution in [-0.4, -0.2) is 50.0 Å². The Morgan fingerprint density at radius 3 is 2.00 bits per heavy atom. The Balaban J connectivity index is 2.11. The highest BCUT2D eigenvalue weighted by molar-refractivity contribution is 7.92. The van der Waals surface area contributed by atoms with Gasteiger partial charge in [-0.1, -0.05) is 79.7 Å². The van der Waals surface area contributed by atoms with E-state index in [2.05, 4.69) is 5.32 Å². The molecule has 0 aliphatic rings. The van der Waals surface area contributed by atoms with Gasteiger partial charge in [-0.25, -0.2) is 8.42 Å². The predicted molar refractivity (Wildman–Crippen MR) is 162 cm³/mol. The molecule has 0 aliphatic heterocycles. The molecule has 0 spiro atoms. The van der Waals surface area contributed by atoms with Crippen molar-refractivity contribution in [3.63, 3.8) is 0 Å². The minimum Gasteiger partial charge on any atom is -0.352 e. The molecule has 0 heterocycles. The molecule has 3 aromatic carbocycles. The number of rotatable bonds is 12. The van der Waals surface area contributed by atoms with Gasteiger partial charge in [-0.05, 0) is 61.9 Å². The molecule has 2 atom stereocenters. The minimum absolute atomic E-state index is 0.0803. The number of nitrogens with one attached hydrogen (secondary N) is 1. The molecule has 3 rings (SSSR count). The third kappa shape index (κ3) is 7.94. The van der Waals surface area contributed by atoms with Crippen molar-refractivity contribution in [3.05, 3.63) is 101 Å². The Morgan fingerprint density at radius 1 is 0.850 bits per heavy atom. The first kappa shape index (κ1) is 30.9. The van der Waals surface area contributed by atoms with E-state index in [-0.39, 0.29) is 18.5 Å². The fourth-order valence-corrected chi connectivity index (χ4v) is 5.71. The molecule has 8 heteroatoms. The number of anilines is 1. The predicted octanol–water partition coefficient (Wildman–Crippen LogP) is 4.93. The standard InChI is InChI=1S/C32H41N3O4S/c1-7-26(5)33-32(37)29(20-27-17-9-8-10-18-27)34(21-28-19-12-11-14-23(28)2)30(36)22-35(40(6,38)39)31-24(3)15-13-16-25(31)4/h8-19,26,29H,7,20-22H2,1-6H3,(H,33,37). The molecular weight excluding hydrogens is 522 g/mol. The highest BCUT2D eigenvalue weighted by Gasteiger charge is 2.34. The summed E-state index contributed by atoms with van der Waals surface area (Å²) in [6, 6.07) is 21.9. The molecule has 0 aromatic heterocycles. The molecule has 0 radical (unpaired) electrons. The van der Waals surface area contributed by atoms with Gasteiger partial charge in [0.2, 0.25) is 21.8 Å². The molecule has 2 unspecified atom stereocenters. The van der Waals surface area contributed by atoms with Crippen LogP contribution in [0.5, 0.6) is 0 Å². The maximum absolute atomic E-state index is 14.2. The molecule has 7 nitrogen and oxygen atoms in total. The number of aryl methyl sites for hydroxylation is 3. The lowest BCUT2D eigenvalue weighted by atomic mass is 10.0. The van der Waals surface area contributed by atoms with Crippen molar-refractivity contribution >= 4 is 27.5 Å². The normalized spacial score (nSPS) is 12.8. The van der Waals surface area contributed by atoms with E-state index in [1.54, 1.807) is 4.90 Å². The molecule has 0 fully saturated rings. The van der Waals surface area contributed by atoms with Crippen molar-refractivity contribution in [1.82, 2.24) is 10.2 Å². The van der Waals surface area contributed by atoms with Crippen LogP contribution in [0.15, 0.2) is 72.8 Å². The van der Waals surface area contributed by atoms with Crippen molar-refractivity contribution in [3.8, 4) is 0 Å². The smallest absolute Gasteiger partial charge is 0.244 e. The van der Waals surface area contributed by atoms with Gasteiger partial charge in [0.1, 0.15) is 12.6 Å². The number of carbonyl (C=O) groups is 2. The number of sulfonamides is 1. The lowest BCUT2D eigenvalue weighted by Gasteiger charge is -2.35. The molecule has 0 aliphatic carbocycles. The summed E-state index contributed by atoms with van der Waals surface area (Å²) in [5.74, 6) is -0.713. The third-order valence-electron chi connectivity index (χ3n) is 7.24. The van der Waals surface area contributed by atoms with E-state index in [1.165, 1.54) is 0 Å². The van der Waals surface area contributed by atoms with Crippen LogP contribution < -0.4 is 9.62 Å². The quantitative estimate of drug-likeness (QED) is 0.339. The Bertz CT molecular complexity index is 1400. The molecule has 1 N–H and O–H groups in total. The Labute approximate surface area is 239 Å². The molecule has 214 valence electrons. The van der Waals surface area contributed by atoms with Crippen LogP contribution in [0.2, 0.25) is 0 Å².